The van der Waals surface area contributed by atoms with Crippen molar-refractivity contribution in [2.24, 2.45) is 47.3 Å². The molecule has 0 heterocycles. The van der Waals surface area contributed by atoms with E-state index in [4.69, 9.17) is 0 Å². The van der Waals surface area contributed by atoms with Gasteiger partial charge in [0.05, 0.1) is 6.10 Å². The van der Waals surface area contributed by atoms with Gasteiger partial charge in [-0.3, -0.25) is 4.79 Å². The third-order valence-corrected chi connectivity index (χ3v) is 6.07. The quantitative estimate of drug-likeness (QED) is 0.576. The minimum Gasteiger partial charge on any atom is -0.392 e. The lowest BCUT2D eigenvalue weighted by molar-refractivity contribution is -0.141. The van der Waals surface area contributed by atoms with Gasteiger partial charge in [-0.15, -0.1) is 0 Å². The number of fused-ring (bicyclic) bond motifs is 2. The van der Waals surface area contributed by atoms with Crippen LogP contribution in [0.5, 0.6) is 0 Å². The molecule has 0 spiro atoms. The van der Waals surface area contributed by atoms with Crippen molar-refractivity contribution in [2.45, 2.75) is 12.5 Å². The Kier molecular flexibility index (Phi) is 0.666. The molecule has 2 heteroatoms. The number of carbonyl (C=O) groups excluding carboxylic acids is 1. The van der Waals surface area contributed by atoms with Gasteiger partial charge in [-0.1, -0.05) is 0 Å². The molecule has 5 fully saturated rings. The number of hydrogen-bond acceptors (Lipinski definition) is 2. The van der Waals surface area contributed by atoms with Gasteiger partial charge in [-0.25, -0.2) is 0 Å². The summed E-state index contributed by atoms with van der Waals surface area (Å²) in [5, 5.41) is 10.1. The molecule has 0 aromatic carbocycles. The molecule has 5 saturated carbocycles. The van der Waals surface area contributed by atoms with Crippen molar-refractivity contribution in [3.63, 3.8) is 0 Å². The Balaban J connectivity index is 1.87. The first-order valence-electron chi connectivity index (χ1n) is 5.52. The van der Waals surface area contributed by atoms with Crippen molar-refractivity contribution in [1.82, 2.24) is 0 Å². The van der Waals surface area contributed by atoms with Gasteiger partial charge in [0.1, 0.15) is 5.78 Å². The summed E-state index contributed by atoms with van der Waals surface area (Å²) in [7, 11) is 0. The molecule has 0 amide bonds. The van der Waals surface area contributed by atoms with Crippen LogP contribution in [0.15, 0.2) is 0 Å². The number of aliphatic hydroxyl groups excluding tert-OH is 1. The zero-order valence-corrected chi connectivity index (χ0v) is 7.26. The fraction of sp³-hybridized carbons (Fsp3) is 0.909. The van der Waals surface area contributed by atoms with Crippen LogP contribution in [0.25, 0.3) is 0 Å². The first-order valence-corrected chi connectivity index (χ1v) is 5.52. The average molecular weight is 176 g/mol. The Hall–Kier alpha value is -0.370. The molecule has 68 valence electrons. The summed E-state index contributed by atoms with van der Waals surface area (Å²) >= 11 is 0. The third-order valence-electron chi connectivity index (χ3n) is 6.07. The van der Waals surface area contributed by atoms with Crippen LogP contribution in [0.1, 0.15) is 6.42 Å². The predicted octanol–water partition coefficient (Wildman–Crippen LogP) is 0.304. The van der Waals surface area contributed by atoms with Gasteiger partial charge in [0.15, 0.2) is 0 Å². The Labute approximate surface area is 76.3 Å². The fourth-order valence-corrected chi connectivity index (χ4v) is 6.11. The van der Waals surface area contributed by atoms with Crippen LogP contribution in [-0.2, 0) is 4.79 Å². The van der Waals surface area contributed by atoms with E-state index in [0.29, 0.717) is 35.4 Å². The lowest BCUT2D eigenvalue weighted by Gasteiger charge is -2.45. The zero-order valence-electron chi connectivity index (χ0n) is 7.26. The first kappa shape index (κ1) is 6.18. The van der Waals surface area contributed by atoms with E-state index in [-0.39, 0.29) is 6.10 Å². The summed E-state index contributed by atoms with van der Waals surface area (Å²) in [5.74, 6) is 4.97. The van der Waals surface area contributed by atoms with Gasteiger partial charge in [-0.05, 0) is 41.9 Å². The molecule has 0 unspecified atom stereocenters. The fourth-order valence-electron chi connectivity index (χ4n) is 6.11. The van der Waals surface area contributed by atoms with Crippen molar-refractivity contribution < 1.29 is 9.90 Å². The van der Waals surface area contributed by atoms with E-state index in [0.717, 1.165) is 17.8 Å². The zero-order chi connectivity index (χ0) is 8.48. The lowest BCUT2D eigenvalue weighted by atomic mass is 9.59. The summed E-state index contributed by atoms with van der Waals surface area (Å²) in [6.45, 7) is 0. The SMILES string of the molecule is O=C1[C@@H]2[C@@H]3C[C@H]4[C@H]5[C@H]([C@@H](O)[C@H]42)[C@H]1[C@@H]35. The van der Waals surface area contributed by atoms with Gasteiger partial charge in [0.25, 0.3) is 0 Å². The second-order valence-electron chi connectivity index (χ2n) is 5.82. The second-order valence-corrected chi connectivity index (χ2v) is 5.82. The number of aliphatic hydroxyl groups is 1. The van der Waals surface area contributed by atoms with Crippen LogP contribution in [0.4, 0.5) is 0 Å². The smallest absolute Gasteiger partial charge is 0.140 e. The van der Waals surface area contributed by atoms with E-state index in [1.165, 1.54) is 6.42 Å². The van der Waals surface area contributed by atoms with Crippen molar-refractivity contribution in [3.8, 4) is 0 Å². The van der Waals surface area contributed by atoms with Crippen LogP contribution in [-0.4, -0.2) is 17.0 Å². The van der Waals surface area contributed by atoms with Crippen LogP contribution in [0.2, 0.25) is 0 Å². The molecule has 0 aromatic rings. The Morgan fingerprint density at radius 3 is 2.69 bits per heavy atom. The van der Waals surface area contributed by atoms with E-state index in [1.54, 1.807) is 0 Å². The molecule has 13 heavy (non-hydrogen) atoms. The third kappa shape index (κ3) is 0.349. The van der Waals surface area contributed by atoms with Crippen molar-refractivity contribution in [1.29, 1.82) is 0 Å². The molecule has 1 N–H and O–H groups in total. The molecule has 0 aliphatic heterocycles. The maximum absolute atomic E-state index is 11.9. The lowest BCUT2D eigenvalue weighted by Crippen LogP contribution is -2.49. The molecule has 0 radical (unpaired) electrons. The van der Waals surface area contributed by atoms with E-state index < -0.39 is 0 Å². The monoisotopic (exact) mass is 176 g/mol. The highest BCUT2D eigenvalue weighted by atomic mass is 16.3. The molecule has 0 saturated heterocycles. The van der Waals surface area contributed by atoms with E-state index in [2.05, 4.69) is 0 Å². The number of carbonyl (C=O) groups is 1. The maximum Gasteiger partial charge on any atom is 0.140 e. The van der Waals surface area contributed by atoms with Gasteiger partial charge in [-0.2, -0.15) is 0 Å². The molecular formula is C11H12O2. The maximum atomic E-state index is 11.9. The highest BCUT2D eigenvalue weighted by Crippen LogP contribution is 2.81. The molecule has 2 nitrogen and oxygen atoms in total. The largest absolute Gasteiger partial charge is 0.392 e. The number of ketones is 1. The number of Topliss-reactive ketones (excluding diaryl/α,β-unsaturated/α-hetero) is 1. The number of hydrogen-bond donors (Lipinski definition) is 1. The van der Waals surface area contributed by atoms with Crippen molar-refractivity contribution in [2.75, 3.05) is 0 Å². The molecule has 9 atom stereocenters. The van der Waals surface area contributed by atoms with Crippen molar-refractivity contribution >= 4 is 5.78 Å². The van der Waals surface area contributed by atoms with Gasteiger partial charge < -0.3 is 5.11 Å². The molecule has 2 bridgehead atoms. The van der Waals surface area contributed by atoms with Crippen molar-refractivity contribution in [3.05, 3.63) is 0 Å². The Morgan fingerprint density at radius 2 is 1.85 bits per heavy atom. The molecular weight excluding hydrogens is 164 g/mol. The minimum atomic E-state index is -0.0913. The molecule has 5 aliphatic rings. The van der Waals surface area contributed by atoms with Crippen LogP contribution in [0.3, 0.4) is 0 Å². The summed E-state index contributed by atoms with van der Waals surface area (Å²) in [6, 6.07) is 0. The average Bonchev–Trinajstić information content (AvgIpc) is 2.52. The van der Waals surface area contributed by atoms with E-state index >= 15 is 0 Å². The molecule has 0 aromatic heterocycles. The van der Waals surface area contributed by atoms with Gasteiger partial charge >= 0.3 is 0 Å². The number of rotatable bonds is 0. The van der Waals surface area contributed by atoms with Crippen LogP contribution in [0, 0.1) is 47.3 Å². The summed E-state index contributed by atoms with van der Waals surface area (Å²) < 4.78 is 0. The second kappa shape index (κ2) is 1.40. The topological polar surface area (TPSA) is 37.3 Å². The minimum absolute atomic E-state index is 0.0913. The van der Waals surface area contributed by atoms with Crippen LogP contribution < -0.4 is 0 Å². The van der Waals surface area contributed by atoms with E-state index in [1.807, 2.05) is 0 Å². The van der Waals surface area contributed by atoms with E-state index in [9.17, 15) is 9.90 Å². The standard InChI is InChI=1S/C11H12O2/c12-10-6-2-1-3-5-4(2)8(10)9(5)11(13)7(3)6/h2-10,12H,1H2/t2-,3+,4+,5-,6+,7+,8-,9+,10-/m0/s1. The first-order chi connectivity index (χ1) is 6.30. The predicted molar refractivity (Wildman–Crippen MR) is 43.6 cm³/mol. The highest BCUT2D eigenvalue weighted by molar-refractivity contribution is 5.91. The summed E-state index contributed by atoms with van der Waals surface area (Å²) in [6.07, 6.45) is 1.19. The summed E-state index contributed by atoms with van der Waals surface area (Å²) in [4.78, 5) is 11.9. The Bertz CT molecular complexity index is 350. The summed E-state index contributed by atoms with van der Waals surface area (Å²) in [5.41, 5.74) is 0. The van der Waals surface area contributed by atoms with Crippen LogP contribution >= 0.6 is 0 Å². The Morgan fingerprint density at radius 1 is 1.00 bits per heavy atom. The molecule has 5 aliphatic carbocycles. The molecule has 5 rings (SSSR count). The van der Waals surface area contributed by atoms with Gasteiger partial charge in [0.2, 0.25) is 0 Å². The normalized spacial score (nSPS) is 79.8. The highest BCUT2D eigenvalue weighted by Gasteiger charge is 2.83. The van der Waals surface area contributed by atoms with Gasteiger partial charge in [0, 0.05) is 11.8 Å².